The van der Waals surface area contributed by atoms with Gasteiger partial charge in [0.15, 0.2) is 0 Å². The van der Waals surface area contributed by atoms with Crippen LogP contribution in [0.1, 0.15) is 45.2 Å². The molecular weight excluding hydrogens is 272 g/mol. The summed E-state index contributed by atoms with van der Waals surface area (Å²) in [6, 6.07) is 9.54. The van der Waals surface area contributed by atoms with Gasteiger partial charge in [-0.3, -0.25) is 4.79 Å². The molecule has 1 amide bonds. The van der Waals surface area contributed by atoms with Crippen LogP contribution in [0.5, 0.6) is 0 Å². The first-order valence-corrected chi connectivity index (χ1v) is 7.18. The first-order chi connectivity index (χ1) is 9.10. The Hall–Kier alpha value is -1.06. The molecule has 114 valence electrons. The molecule has 0 radical (unpaired) electrons. The van der Waals surface area contributed by atoms with Gasteiger partial charge in [0, 0.05) is 12.6 Å². The molecule has 0 aromatic heterocycles. The van der Waals surface area contributed by atoms with Crippen molar-refractivity contribution in [2.24, 2.45) is 17.6 Å². The number of carbonyl (C=O) groups excluding carboxylic acids is 1. The molecule has 2 unspecified atom stereocenters. The molecule has 3 nitrogen and oxygen atoms in total. The third-order valence-corrected chi connectivity index (χ3v) is 3.86. The van der Waals surface area contributed by atoms with Gasteiger partial charge >= 0.3 is 0 Å². The van der Waals surface area contributed by atoms with Crippen LogP contribution in [-0.4, -0.2) is 12.5 Å². The number of amides is 1. The van der Waals surface area contributed by atoms with Gasteiger partial charge in [-0.25, -0.2) is 0 Å². The molecule has 1 aromatic carbocycles. The molecule has 3 N–H and O–H groups in total. The second-order valence-corrected chi connectivity index (χ2v) is 5.15. The van der Waals surface area contributed by atoms with Gasteiger partial charge in [0.2, 0.25) is 5.91 Å². The van der Waals surface area contributed by atoms with Crippen LogP contribution in [0.25, 0.3) is 0 Å². The Labute approximate surface area is 128 Å². The number of nitrogens with two attached hydrogens (primary N) is 1. The fourth-order valence-corrected chi connectivity index (χ4v) is 2.11. The van der Waals surface area contributed by atoms with Gasteiger partial charge in [-0.1, -0.05) is 63.9 Å². The topological polar surface area (TPSA) is 55.1 Å². The fourth-order valence-electron chi connectivity index (χ4n) is 2.11. The molecular formula is C16H27ClN2O. The summed E-state index contributed by atoms with van der Waals surface area (Å²) in [7, 11) is 0. The number of halogens is 1. The highest BCUT2D eigenvalue weighted by Crippen LogP contribution is 2.19. The molecule has 2 atom stereocenters. The Kier molecular flexibility index (Phi) is 9.26. The standard InChI is InChI=1S/C16H26N2O.ClH/c1-4-13(5-2)11-18-16(19)12(3)15(17)14-9-7-6-8-10-14;/h6-10,12-13,15H,4-5,11,17H2,1-3H3,(H,18,19);1H. The molecule has 20 heavy (non-hydrogen) atoms. The predicted molar refractivity (Wildman–Crippen MR) is 86.9 cm³/mol. The number of benzene rings is 1. The Morgan fingerprint density at radius 2 is 1.75 bits per heavy atom. The quantitative estimate of drug-likeness (QED) is 0.811. The van der Waals surface area contributed by atoms with Crippen LogP contribution in [-0.2, 0) is 4.79 Å². The van der Waals surface area contributed by atoms with Gasteiger partial charge in [0.25, 0.3) is 0 Å². The van der Waals surface area contributed by atoms with Crippen molar-refractivity contribution in [3.63, 3.8) is 0 Å². The predicted octanol–water partition coefficient (Wildman–Crippen LogP) is 3.30. The van der Waals surface area contributed by atoms with E-state index in [-0.39, 0.29) is 30.3 Å². The van der Waals surface area contributed by atoms with Crippen molar-refractivity contribution in [2.75, 3.05) is 6.54 Å². The summed E-state index contributed by atoms with van der Waals surface area (Å²) >= 11 is 0. The molecule has 0 saturated heterocycles. The monoisotopic (exact) mass is 298 g/mol. The van der Waals surface area contributed by atoms with Gasteiger partial charge in [0.05, 0.1) is 5.92 Å². The van der Waals surface area contributed by atoms with Gasteiger partial charge in [-0.05, 0) is 11.5 Å². The van der Waals surface area contributed by atoms with Crippen LogP contribution < -0.4 is 11.1 Å². The van der Waals surface area contributed by atoms with Gasteiger partial charge < -0.3 is 11.1 Å². The summed E-state index contributed by atoms with van der Waals surface area (Å²) < 4.78 is 0. The summed E-state index contributed by atoms with van der Waals surface area (Å²) in [6.07, 6.45) is 2.19. The Morgan fingerprint density at radius 3 is 2.25 bits per heavy atom. The number of nitrogens with one attached hydrogen (secondary N) is 1. The van der Waals surface area contributed by atoms with E-state index >= 15 is 0 Å². The van der Waals surface area contributed by atoms with Crippen molar-refractivity contribution in [2.45, 2.75) is 39.7 Å². The first-order valence-electron chi connectivity index (χ1n) is 7.18. The largest absolute Gasteiger partial charge is 0.356 e. The zero-order valence-electron chi connectivity index (χ0n) is 12.6. The Balaban J connectivity index is 0.00000361. The highest BCUT2D eigenvalue weighted by Gasteiger charge is 2.22. The molecule has 0 bridgehead atoms. The number of rotatable bonds is 7. The van der Waals surface area contributed by atoms with Crippen molar-refractivity contribution in [3.05, 3.63) is 35.9 Å². The maximum absolute atomic E-state index is 12.1. The second-order valence-electron chi connectivity index (χ2n) is 5.15. The van der Waals surface area contributed by atoms with Crippen LogP contribution in [0.3, 0.4) is 0 Å². The molecule has 0 spiro atoms. The summed E-state index contributed by atoms with van der Waals surface area (Å²) in [5.74, 6) is 0.393. The van der Waals surface area contributed by atoms with Crippen LogP contribution >= 0.6 is 12.4 Å². The molecule has 0 aliphatic rings. The van der Waals surface area contributed by atoms with Crippen molar-refractivity contribution in [1.82, 2.24) is 5.32 Å². The van der Waals surface area contributed by atoms with E-state index in [1.807, 2.05) is 37.3 Å². The molecule has 0 saturated carbocycles. The van der Waals surface area contributed by atoms with Crippen molar-refractivity contribution in [1.29, 1.82) is 0 Å². The minimum absolute atomic E-state index is 0. The molecule has 1 aromatic rings. The summed E-state index contributed by atoms with van der Waals surface area (Å²) in [5, 5.41) is 3.02. The zero-order chi connectivity index (χ0) is 14.3. The number of hydrogen-bond acceptors (Lipinski definition) is 2. The second kappa shape index (κ2) is 9.78. The molecule has 0 fully saturated rings. The van der Waals surface area contributed by atoms with Crippen LogP contribution in [0.15, 0.2) is 30.3 Å². The molecule has 1 rings (SSSR count). The normalized spacial score (nSPS) is 13.4. The van der Waals surface area contributed by atoms with Crippen LogP contribution in [0.2, 0.25) is 0 Å². The molecule has 0 aliphatic heterocycles. The lowest BCUT2D eigenvalue weighted by Crippen LogP contribution is -2.37. The van der Waals surface area contributed by atoms with Gasteiger partial charge in [-0.2, -0.15) is 0 Å². The highest BCUT2D eigenvalue weighted by atomic mass is 35.5. The lowest BCUT2D eigenvalue weighted by molar-refractivity contribution is -0.125. The van der Waals surface area contributed by atoms with Crippen molar-refractivity contribution >= 4 is 18.3 Å². The maximum atomic E-state index is 12.1. The molecule has 4 heteroatoms. The smallest absolute Gasteiger partial charge is 0.224 e. The van der Waals surface area contributed by atoms with E-state index in [0.29, 0.717) is 5.92 Å². The third kappa shape index (κ3) is 5.51. The Bertz CT molecular complexity index is 379. The summed E-state index contributed by atoms with van der Waals surface area (Å²) in [6.45, 7) is 6.94. The van der Waals surface area contributed by atoms with Crippen molar-refractivity contribution < 1.29 is 4.79 Å². The van der Waals surface area contributed by atoms with E-state index < -0.39 is 0 Å². The maximum Gasteiger partial charge on any atom is 0.224 e. The summed E-state index contributed by atoms with van der Waals surface area (Å²) in [4.78, 5) is 12.1. The minimum Gasteiger partial charge on any atom is -0.356 e. The average Bonchev–Trinajstić information content (AvgIpc) is 2.47. The summed E-state index contributed by atoms with van der Waals surface area (Å²) in [5.41, 5.74) is 7.16. The lowest BCUT2D eigenvalue weighted by atomic mass is 9.94. The van der Waals surface area contributed by atoms with Crippen LogP contribution in [0.4, 0.5) is 0 Å². The zero-order valence-corrected chi connectivity index (χ0v) is 13.5. The first kappa shape index (κ1) is 18.9. The SMILES string of the molecule is CCC(CC)CNC(=O)C(C)C(N)c1ccccc1.Cl. The van der Waals surface area contributed by atoms with Gasteiger partial charge in [0.1, 0.15) is 0 Å². The van der Waals surface area contributed by atoms with E-state index in [0.717, 1.165) is 24.9 Å². The van der Waals surface area contributed by atoms with E-state index in [1.165, 1.54) is 0 Å². The van der Waals surface area contributed by atoms with E-state index in [2.05, 4.69) is 19.2 Å². The number of carbonyl (C=O) groups is 1. The molecule has 0 aliphatic carbocycles. The minimum atomic E-state index is -0.247. The number of hydrogen-bond donors (Lipinski definition) is 2. The van der Waals surface area contributed by atoms with Gasteiger partial charge in [-0.15, -0.1) is 12.4 Å². The average molecular weight is 299 g/mol. The van der Waals surface area contributed by atoms with E-state index in [4.69, 9.17) is 5.73 Å². The van der Waals surface area contributed by atoms with E-state index in [1.54, 1.807) is 0 Å². The van der Waals surface area contributed by atoms with E-state index in [9.17, 15) is 4.79 Å². The molecule has 0 heterocycles. The fraction of sp³-hybridized carbons (Fsp3) is 0.562. The van der Waals surface area contributed by atoms with Crippen molar-refractivity contribution in [3.8, 4) is 0 Å². The Morgan fingerprint density at radius 1 is 1.20 bits per heavy atom. The highest BCUT2D eigenvalue weighted by molar-refractivity contribution is 5.85. The third-order valence-electron chi connectivity index (χ3n) is 3.86. The van der Waals surface area contributed by atoms with Crippen LogP contribution in [0, 0.1) is 11.8 Å². The lowest BCUT2D eigenvalue weighted by Gasteiger charge is -2.21.